The molecule has 0 saturated heterocycles. The largest absolute Gasteiger partial charge is 0.394 e. The van der Waals surface area contributed by atoms with E-state index in [2.05, 4.69) is 0 Å². The van der Waals surface area contributed by atoms with E-state index in [0.29, 0.717) is 6.54 Å². The highest BCUT2D eigenvalue weighted by molar-refractivity contribution is 5.43. The van der Waals surface area contributed by atoms with Gasteiger partial charge in [-0.3, -0.25) is 9.90 Å². The van der Waals surface area contributed by atoms with Crippen LogP contribution in [0, 0.1) is 0 Å². The Morgan fingerprint density at radius 3 is 2.27 bits per heavy atom. The van der Waals surface area contributed by atoms with Crippen molar-refractivity contribution in [3.8, 4) is 0 Å². The zero-order valence-corrected chi connectivity index (χ0v) is 9.60. The molecule has 0 aliphatic heterocycles. The Kier molecular flexibility index (Phi) is 4.12. The normalized spacial score (nSPS) is 11.5. The van der Waals surface area contributed by atoms with Crippen LogP contribution >= 0.6 is 0 Å². The van der Waals surface area contributed by atoms with Crippen molar-refractivity contribution < 1.29 is 9.94 Å². The first-order valence-electron chi connectivity index (χ1n) is 5.15. The number of hydroxylamine groups is 1. The van der Waals surface area contributed by atoms with Gasteiger partial charge in [0.05, 0.1) is 24.4 Å². The number of anilines is 1. The quantitative estimate of drug-likeness (QED) is 0.772. The highest BCUT2D eigenvalue weighted by Gasteiger charge is 2.17. The summed E-state index contributed by atoms with van der Waals surface area (Å²) in [5.74, 6) is 0. The van der Waals surface area contributed by atoms with E-state index in [1.54, 1.807) is 5.06 Å². The molecule has 0 aliphatic rings. The van der Waals surface area contributed by atoms with E-state index in [4.69, 9.17) is 9.94 Å². The third kappa shape index (κ3) is 4.32. The van der Waals surface area contributed by atoms with Crippen molar-refractivity contribution in [3.05, 3.63) is 30.3 Å². The Hall–Kier alpha value is -1.06. The first-order chi connectivity index (χ1) is 7.03. The average Bonchev–Trinajstić information content (AvgIpc) is 2.17. The standard InChI is InChI=1S/C12H19NO2/c1-12(2,3)15-13(9-10-14)11-7-5-4-6-8-11/h4-8,14H,9-10H2,1-3H3. The molecule has 0 heterocycles. The van der Waals surface area contributed by atoms with E-state index in [-0.39, 0.29) is 12.2 Å². The monoisotopic (exact) mass is 209 g/mol. The first kappa shape index (κ1) is 12.0. The van der Waals surface area contributed by atoms with E-state index < -0.39 is 0 Å². The van der Waals surface area contributed by atoms with E-state index in [1.165, 1.54) is 0 Å². The number of rotatable bonds is 4. The van der Waals surface area contributed by atoms with Crippen LogP contribution in [0.4, 0.5) is 5.69 Å². The summed E-state index contributed by atoms with van der Waals surface area (Å²) in [5, 5.41) is 10.7. The van der Waals surface area contributed by atoms with E-state index in [1.807, 2.05) is 51.1 Å². The molecule has 3 heteroatoms. The molecule has 3 nitrogen and oxygen atoms in total. The molecule has 0 aromatic heterocycles. The summed E-state index contributed by atoms with van der Waals surface area (Å²) in [5.41, 5.74) is 0.701. The van der Waals surface area contributed by atoms with Crippen LogP contribution in [0.25, 0.3) is 0 Å². The predicted octanol–water partition coefficient (Wildman–Crippen LogP) is 2.22. The zero-order valence-electron chi connectivity index (χ0n) is 9.60. The number of hydrogen-bond donors (Lipinski definition) is 1. The molecule has 1 rings (SSSR count). The predicted molar refractivity (Wildman–Crippen MR) is 61.7 cm³/mol. The van der Waals surface area contributed by atoms with Gasteiger partial charge in [0.15, 0.2) is 0 Å². The first-order valence-corrected chi connectivity index (χ1v) is 5.15. The maximum Gasteiger partial charge on any atom is 0.0879 e. The third-order valence-corrected chi connectivity index (χ3v) is 1.73. The van der Waals surface area contributed by atoms with Crippen molar-refractivity contribution in [2.75, 3.05) is 18.2 Å². The van der Waals surface area contributed by atoms with Gasteiger partial charge in [-0.1, -0.05) is 18.2 Å². The number of nitrogens with zero attached hydrogens (tertiary/aromatic N) is 1. The second kappa shape index (κ2) is 5.14. The summed E-state index contributed by atoms with van der Waals surface area (Å²) < 4.78 is 0. The lowest BCUT2D eigenvalue weighted by Crippen LogP contribution is -2.35. The fraction of sp³-hybridized carbons (Fsp3) is 0.500. The second-order valence-electron chi connectivity index (χ2n) is 4.36. The maximum absolute atomic E-state index is 8.97. The molecule has 0 spiro atoms. The molecule has 15 heavy (non-hydrogen) atoms. The Balaban J connectivity index is 2.75. The minimum absolute atomic E-state index is 0.0744. The highest BCUT2D eigenvalue weighted by Crippen LogP contribution is 2.18. The van der Waals surface area contributed by atoms with Crippen molar-refractivity contribution in [2.24, 2.45) is 0 Å². The lowest BCUT2D eigenvalue weighted by atomic mass is 10.2. The van der Waals surface area contributed by atoms with Crippen molar-refractivity contribution in [2.45, 2.75) is 26.4 Å². The number of benzene rings is 1. The Bertz CT molecular complexity index is 279. The van der Waals surface area contributed by atoms with Crippen LogP contribution in [-0.2, 0) is 4.84 Å². The van der Waals surface area contributed by atoms with Crippen LogP contribution < -0.4 is 5.06 Å². The molecule has 0 bridgehead atoms. The molecule has 0 amide bonds. The molecule has 0 aliphatic carbocycles. The summed E-state index contributed by atoms with van der Waals surface area (Å²) in [6.07, 6.45) is 0. The summed E-state index contributed by atoms with van der Waals surface area (Å²) in [7, 11) is 0. The molecule has 0 unspecified atom stereocenters. The van der Waals surface area contributed by atoms with Crippen LogP contribution in [0.5, 0.6) is 0 Å². The number of para-hydroxylation sites is 1. The molecular formula is C12H19NO2. The van der Waals surface area contributed by atoms with E-state index in [0.717, 1.165) is 5.69 Å². The third-order valence-electron chi connectivity index (χ3n) is 1.73. The summed E-state index contributed by atoms with van der Waals surface area (Å²) in [4.78, 5) is 5.74. The maximum atomic E-state index is 8.97. The van der Waals surface area contributed by atoms with Gasteiger partial charge in [-0.05, 0) is 32.9 Å². The van der Waals surface area contributed by atoms with Crippen LogP contribution in [0.15, 0.2) is 30.3 Å². The fourth-order valence-corrected chi connectivity index (χ4v) is 1.24. The summed E-state index contributed by atoms with van der Waals surface area (Å²) in [6, 6.07) is 9.78. The topological polar surface area (TPSA) is 32.7 Å². The van der Waals surface area contributed by atoms with E-state index >= 15 is 0 Å². The minimum Gasteiger partial charge on any atom is -0.394 e. The van der Waals surface area contributed by atoms with E-state index in [9.17, 15) is 0 Å². The molecule has 1 N–H and O–H groups in total. The summed E-state index contributed by atoms with van der Waals surface area (Å²) in [6.45, 7) is 6.51. The van der Waals surface area contributed by atoms with Crippen LogP contribution in [-0.4, -0.2) is 23.9 Å². The van der Waals surface area contributed by atoms with Gasteiger partial charge >= 0.3 is 0 Å². The molecule has 0 fully saturated rings. The second-order valence-corrected chi connectivity index (χ2v) is 4.36. The summed E-state index contributed by atoms with van der Waals surface area (Å²) >= 11 is 0. The fourth-order valence-electron chi connectivity index (χ4n) is 1.24. The van der Waals surface area contributed by atoms with Crippen LogP contribution in [0.2, 0.25) is 0 Å². The van der Waals surface area contributed by atoms with Crippen molar-refractivity contribution in [1.82, 2.24) is 0 Å². The number of aliphatic hydroxyl groups excluding tert-OH is 1. The highest BCUT2D eigenvalue weighted by atomic mass is 16.7. The molecule has 84 valence electrons. The van der Waals surface area contributed by atoms with Gasteiger partial charge in [-0.2, -0.15) is 0 Å². The SMILES string of the molecule is CC(C)(C)ON(CCO)c1ccccc1. The van der Waals surface area contributed by atoms with Crippen LogP contribution in [0.3, 0.4) is 0 Å². The van der Waals surface area contributed by atoms with Gasteiger partial charge in [0.1, 0.15) is 0 Å². The molecule has 0 saturated carbocycles. The number of aliphatic hydroxyl groups is 1. The van der Waals surface area contributed by atoms with Gasteiger partial charge in [-0.25, -0.2) is 0 Å². The van der Waals surface area contributed by atoms with Crippen LogP contribution in [0.1, 0.15) is 20.8 Å². The Labute approximate surface area is 91.2 Å². The molecule has 0 atom stereocenters. The Morgan fingerprint density at radius 2 is 1.80 bits per heavy atom. The molecule has 1 aromatic rings. The molecular weight excluding hydrogens is 190 g/mol. The lowest BCUT2D eigenvalue weighted by molar-refractivity contribution is -0.0246. The lowest BCUT2D eigenvalue weighted by Gasteiger charge is -2.30. The zero-order chi connectivity index (χ0) is 11.3. The van der Waals surface area contributed by atoms with Gasteiger partial charge in [0.2, 0.25) is 0 Å². The van der Waals surface area contributed by atoms with Crippen molar-refractivity contribution >= 4 is 5.69 Å². The van der Waals surface area contributed by atoms with Crippen molar-refractivity contribution in [1.29, 1.82) is 0 Å². The average molecular weight is 209 g/mol. The smallest absolute Gasteiger partial charge is 0.0879 e. The van der Waals surface area contributed by atoms with Crippen molar-refractivity contribution in [3.63, 3.8) is 0 Å². The van der Waals surface area contributed by atoms with Gasteiger partial charge in [-0.15, -0.1) is 0 Å². The van der Waals surface area contributed by atoms with Gasteiger partial charge < -0.3 is 5.11 Å². The molecule has 0 radical (unpaired) electrons. The number of hydrogen-bond acceptors (Lipinski definition) is 3. The van der Waals surface area contributed by atoms with Gasteiger partial charge in [0.25, 0.3) is 0 Å². The Morgan fingerprint density at radius 1 is 1.20 bits per heavy atom. The van der Waals surface area contributed by atoms with Gasteiger partial charge in [0, 0.05) is 0 Å². The molecule has 1 aromatic carbocycles. The minimum atomic E-state index is -0.259.